The molecule has 0 bridgehead atoms. The van der Waals surface area contributed by atoms with Gasteiger partial charge in [-0.3, -0.25) is 24.6 Å². The van der Waals surface area contributed by atoms with Gasteiger partial charge in [0.2, 0.25) is 10.9 Å². The summed E-state index contributed by atoms with van der Waals surface area (Å²) < 4.78 is 0.604. The van der Waals surface area contributed by atoms with Crippen molar-refractivity contribution in [3.8, 4) is 0 Å². The monoisotopic (exact) mass is 565 g/mol. The first-order chi connectivity index (χ1) is 18.2. The number of rotatable bonds is 8. The van der Waals surface area contributed by atoms with Crippen LogP contribution in [0.25, 0.3) is 0 Å². The summed E-state index contributed by atoms with van der Waals surface area (Å²) >= 11 is 3.77. The fourth-order valence-corrected chi connectivity index (χ4v) is 6.77. The molecule has 0 fully saturated rings. The number of Topliss-reactive ketones (excluding diaryl/α,β-unsaturated/α-hetero) is 1. The Morgan fingerprint density at radius 1 is 1.11 bits per heavy atom. The molecule has 192 valence electrons. The number of anilines is 1. The van der Waals surface area contributed by atoms with Crippen LogP contribution in [0.2, 0.25) is 0 Å². The van der Waals surface area contributed by atoms with Crippen molar-refractivity contribution in [2.75, 3.05) is 4.90 Å². The Bertz CT molecular complexity index is 1580. The number of nitro benzene ring substituents is 1. The van der Waals surface area contributed by atoms with Crippen LogP contribution in [0.15, 0.2) is 70.3 Å². The highest BCUT2D eigenvalue weighted by molar-refractivity contribution is 8.00. The van der Waals surface area contributed by atoms with Crippen LogP contribution in [-0.4, -0.2) is 36.9 Å². The van der Waals surface area contributed by atoms with E-state index in [1.807, 2.05) is 30.3 Å². The molecular weight excluding hydrogens is 547 g/mol. The number of thiazole rings is 1. The van der Waals surface area contributed by atoms with Crippen molar-refractivity contribution < 1.29 is 19.6 Å². The molecule has 38 heavy (non-hydrogen) atoms. The molecule has 13 heteroatoms. The lowest BCUT2D eigenvalue weighted by Crippen LogP contribution is -2.31. The van der Waals surface area contributed by atoms with Crippen LogP contribution in [0.3, 0.4) is 0 Å². The van der Waals surface area contributed by atoms with Crippen molar-refractivity contribution in [1.82, 2.24) is 15.2 Å². The molecule has 2 aromatic heterocycles. The van der Waals surface area contributed by atoms with Gasteiger partial charge >= 0.3 is 0 Å². The van der Waals surface area contributed by atoms with E-state index < -0.39 is 28.4 Å². The standard InChI is InChI=1S/C25H19N5O5S3/c1-13-22(37-14(2)26-13)20(31)18-19(16-8-10-17(11-9-16)30(34)35)29(23(33)21(18)32)24-27-28-25(38-24)36-12-15-6-4-3-5-7-15/h3-11,19,32H,12H2,1-2H3. The number of amides is 1. The van der Waals surface area contributed by atoms with Crippen molar-refractivity contribution in [2.24, 2.45) is 0 Å². The minimum Gasteiger partial charge on any atom is -0.503 e. The molecule has 0 aliphatic carbocycles. The molecule has 1 amide bonds. The van der Waals surface area contributed by atoms with Gasteiger partial charge in [-0.1, -0.05) is 53.4 Å². The van der Waals surface area contributed by atoms with E-state index in [1.54, 1.807) is 13.8 Å². The average Bonchev–Trinajstić information content (AvgIpc) is 3.59. The zero-order valence-electron chi connectivity index (χ0n) is 20.0. The number of nitro groups is 1. The van der Waals surface area contributed by atoms with Crippen molar-refractivity contribution >= 4 is 56.9 Å². The van der Waals surface area contributed by atoms with Crippen LogP contribution in [0, 0.1) is 24.0 Å². The number of hydrogen-bond donors (Lipinski definition) is 1. The number of aryl methyl sites for hydroxylation is 2. The number of nitrogens with zero attached hydrogens (tertiary/aromatic N) is 5. The molecule has 5 rings (SSSR count). The number of benzene rings is 2. The third-order valence-corrected chi connectivity index (χ3v) is 8.99. The maximum absolute atomic E-state index is 13.7. The second-order valence-corrected chi connectivity index (χ2v) is 11.7. The summed E-state index contributed by atoms with van der Waals surface area (Å²) in [5.74, 6) is -1.39. The number of aromatic nitrogens is 3. The number of aliphatic hydroxyl groups excluding tert-OH is 1. The average molecular weight is 566 g/mol. The lowest BCUT2D eigenvalue weighted by atomic mass is 9.95. The normalized spacial score (nSPS) is 15.4. The maximum Gasteiger partial charge on any atom is 0.296 e. The largest absolute Gasteiger partial charge is 0.503 e. The molecule has 0 radical (unpaired) electrons. The van der Waals surface area contributed by atoms with Crippen LogP contribution >= 0.6 is 34.4 Å². The van der Waals surface area contributed by atoms with E-state index in [0.717, 1.165) is 16.9 Å². The van der Waals surface area contributed by atoms with Crippen LogP contribution in [0.5, 0.6) is 0 Å². The predicted molar refractivity (Wildman–Crippen MR) is 145 cm³/mol. The number of ketones is 1. The number of aliphatic hydroxyl groups is 1. The summed E-state index contributed by atoms with van der Waals surface area (Å²) in [5.41, 5.74) is 1.71. The second kappa shape index (κ2) is 10.4. The van der Waals surface area contributed by atoms with E-state index in [0.29, 0.717) is 31.2 Å². The quantitative estimate of drug-likeness (QED) is 0.0951. The summed E-state index contributed by atoms with van der Waals surface area (Å²) in [6, 6.07) is 14.3. The van der Waals surface area contributed by atoms with Gasteiger partial charge in [-0.25, -0.2) is 4.98 Å². The van der Waals surface area contributed by atoms with Gasteiger partial charge in [0.1, 0.15) is 0 Å². The summed E-state index contributed by atoms with van der Waals surface area (Å²) in [6.45, 7) is 3.45. The van der Waals surface area contributed by atoms with Gasteiger partial charge in [0, 0.05) is 17.9 Å². The molecule has 2 aromatic carbocycles. The number of carbonyl (C=O) groups excluding carboxylic acids is 2. The third-order valence-electron chi connectivity index (χ3n) is 5.79. The number of non-ortho nitro benzene ring substituents is 1. The highest BCUT2D eigenvalue weighted by Gasteiger charge is 2.46. The Balaban J connectivity index is 1.53. The Hall–Kier alpha value is -3.94. The minimum atomic E-state index is -1.06. The zero-order chi connectivity index (χ0) is 27.0. The zero-order valence-corrected chi connectivity index (χ0v) is 22.5. The SMILES string of the molecule is Cc1nc(C)c(C(=O)C2=C(O)C(=O)N(c3nnc(SCc4ccccc4)s3)C2c2ccc([N+](=O)[O-])cc2)s1. The summed E-state index contributed by atoms with van der Waals surface area (Å²) in [5, 5.41) is 31.4. The van der Waals surface area contributed by atoms with Crippen LogP contribution in [0.1, 0.15) is 37.5 Å². The highest BCUT2D eigenvalue weighted by Crippen LogP contribution is 2.44. The molecule has 0 saturated carbocycles. The van der Waals surface area contributed by atoms with E-state index in [-0.39, 0.29) is 16.4 Å². The minimum absolute atomic E-state index is 0.135. The van der Waals surface area contributed by atoms with Gasteiger partial charge in [-0.15, -0.1) is 21.5 Å². The van der Waals surface area contributed by atoms with Gasteiger partial charge in [0.15, 0.2) is 10.1 Å². The van der Waals surface area contributed by atoms with Crippen molar-refractivity contribution in [1.29, 1.82) is 0 Å². The molecule has 1 atom stereocenters. The van der Waals surface area contributed by atoms with Crippen molar-refractivity contribution in [3.63, 3.8) is 0 Å². The lowest BCUT2D eigenvalue weighted by Gasteiger charge is -2.23. The number of hydrogen-bond acceptors (Lipinski definition) is 11. The van der Waals surface area contributed by atoms with Gasteiger partial charge < -0.3 is 5.11 Å². The first-order valence-electron chi connectivity index (χ1n) is 11.2. The first-order valence-corrected chi connectivity index (χ1v) is 13.9. The van der Waals surface area contributed by atoms with Gasteiger partial charge in [0.25, 0.3) is 11.6 Å². The Morgan fingerprint density at radius 2 is 1.82 bits per heavy atom. The Labute approximate surface area is 228 Å². The van der Waals surface area contributed by atoms with Crippen molar-refractivity contribution in [3.05, 3.63) is 103 Å². The van der Waals surface area contributed by atoms with Gasteiger partial charge in [0.05, 0.1) is 32.1 Å². The first kappa shape index (κ1) is 25.7. The molecule has 1 aliphatic heterocycles. The van der Waals surface area contributed by atoms with Gasteiger partial charge in [-0.2, -0.15) is 0 Å². The van der Waals surface area contributed by atoms with Crippen molar-refractivity contribution in [2.45, 2.75) is 30.0 Å². The molecule has 1 N–H and O–H groups in total. The number of thioether (sulfide) groups is 1. The second-order valence-electron chi connectivity index (χ2n) is 8.29. The fraction of sp³-hybridized carbons (Fsp3) is 0.160. The van der Waals surface area contributed by atoms with Crippen LogP contribution in [0.4, 0.5) is 10.8 Å². The van der Waals surface area contributed by atoms with E-state index in [9.17, 15) is 24.8 Å². The summed E-state index contributed by atoms with van der Waals surface area (Å²) in [7, 11) is 0. The maximum atomic E-state index is 13.7. The van der Waals surface area contributed by atoms with E-state index in [4.69, 9.17) is 0 Å². The Kier molecular flexibility index (Phi) is 7.06. The predicted octanol–water partition coefficient (Wildman–Crippen LogP) is 5.59. The summed E-state index contributed by atoms with van der Waals surface area (Å²) in [6.07, 6.45) is 0. The molecule has 0 saturated heterocycles. The van der Waals surface area contributed by atoms with Gasteiger partial charge in [-0.05, 0) is 37.1 Å². The smallest absolute Gasteiger partial charge is 0.296 e. The third kappa shape index (κ3) is 4.83. The molecule has 0 spiro atoms. The van der Waals surface area contributed by atoms with Crippen LogP contribution in [-0.2, 0) is 10.5 Å². The van der Waals surface area contributed by atoms with E-state index in [2.05, 4.69) is 15.2 Å². The summed E-state index contributed by atoms with van der Waals surface area (Å²) in [4.78, 5) is 43.5. The van der Waals surface area contributed by atoms with E-state index >= 15 is 0 Å². The molecule has 1 aliphatic rings. The lowest BCUT2D eigenvalue weighted by molar-refractivity contribution is -0.384. The molecule has 1 unspecified atom stereocenters. The fourth-order valence-electron chi connectivity index (χ4n) is 4.07. The topological polar surface area (TPSA) is 139 Å². The number of carbonyl (C=O) groups is 2. The molecular formula is C25H19N5O5S3. The Morgan fingerprint density at radius 3 is 2.45 bits per heavy atom. The van der Waals surface area contributed by atoms with Crippen LogP contribution < -0.4 is 4.90 Å². The van der Waals surface area contributed by atoms with E-state index in [1.165, 1.54) is 52.3 Å². The molecule has 3 heterocycles. The molecule has 10 nitrogen and oxygen atoms in total. The molecule has 4 aromatic rings. The highest BCUT2D eigenvalue weighted by atomic mass is 32.2.